The fraction of sp³-hybridized carbons (Fsp3) is 0.516. The van der Waals surface area contributed by atoms with E-state index in [9.17, 15) is 15.3 Å². The van der Waals surface area contributed by atoms with Gasteiger partial charge in [-0.1, -0.05) is 41.5 Å². The number of carbonyl (C=O) groups is 1. The van der Waals surface area contributed by atoms with Crippen LogP contribution in [0.15, 0.2) is 30.3 Å². The third-order valence-electron chi connectivity index (χ3n) is 7.07. The zero-order valence-corrected chi connectivity index (χ0v) is 26.8. The van der Waals surface area contributed by atoms with Crippen LogP contribution in [0.3, 0.4) is 0 Å². The van der Waals surface area contributed by atoms with Crippen molar-refractivity contribution in [1.82, 2.24) is 5.32 Å². The van der Waals surface area contributed by atoms with E-state index >= 15 is 4.39 Å². The highest BCUT2D eigenvalue weighted by Crippen LogP contribution is 2.44. The first-order valence-electron chi connectivity index (χ1n) is 13.8. The molecule has 2 aromatic carbocycles. The first kappa shape index (κ1) is 33.4. The predicted molar refractivity (Wildman–Crippen MR) is 161 cm³/mol. The summed E-state index contributed by atoms with van der Waals surface area (Å²) < 4.78 is 33.5. The maximum atomic E-state index is 16.1. The predicted octanol–water partition coefficient (Wildman–Crippen LogP) is 7.96. The molecule has 41 heavy (non-hydrogen) atoms. The van der Waals surface area contributed by atoms with Crippen LogP contribution in [-0.2, 0) is 11.3 Å². The average molecular weight is 583 g/mol. The number of alkyl carbamates (subject to hydrolysis) is 1. The molecule has 1 unspecified atom stereocenters. The minimum absolute atomic E-state index is 0.0301. The van der Waals surface area contributed by atoms with Crippen molar-refractivity contribution in [3.63, 3.8) is 0 Å². The maximum Gasteiger partial charge on any atom is 0.407 e. The van der Waals surface area contributed by atoms with Crippen LogP contribution in [0.2, 0.25) is 16.6 Å². The monoisotopic (exact) mass is 582 g/mol. The minimum Gasteiger partial charge on any atom is -0.541 e. The van der Waals surface area contributed by atoms with E-state index in [4.69, 9.17) is 13.9 Å². The Hall–Kier alpha value is -3.76. The molecule has 0 saturated carbocycles. The van der Waals surface area contributed by atoms with Crippen molar-refractivity contribution < 1.29 is 23.1 Å². The van der Waals surface area contributed by atoms with Crippen LogP contribution in [0.25, 0.3) is 0 Å². The normalized spacial score (nSPS) is 12.5. The summed E-state index contributed by atoms with van der Waals surface area (Å²) in [5.74, 6) is -0.171. The molecule has 0 bridgehead atoms. The van der Waals surface area contributed by atoms with Gasteiger partial charge < -0.3 is 24.5 Å². The molecular weight excluding hydrogens is 539 g/mol. The molecule has 0 aliphatic heterocycles. The maximum absolute atomic E-state index is 16.1. The van der Waals surface area contributed by atoms with E-state index in [1.54, 1.807) is 45.0 Å². The van der Waals surface area contributed by atoms with E-state index < -0.39 is 31.9 Å². The molecule has 0 aliphatic rings. The molecule has 1 atom stereocenters. The Morgan fingerprint density at radius 1 is 1.02 bits per heavy atom. The van der Waals surface area contributed by atoms with Crippen molar-refractivity contribution in [2.75, 3.05) is 12.4 Å². The summed E-state index contributed by atoms with van der Waals surface area (Å²) in [5, 5.41) is 25.4. The fourth-order valence-electron chi connectivity index (χ4n) is 5.31. The zero-order valence-electron chi connectivity index (χ0n) is 25.8. The summed E-state index contributed by atoms with van der Waals surface area (Å²) >= 11 is 0. The van der Waals surface area contributed by atoms with Gasteiger partial charge in [0.2, 0.25) is 0 Å². The van der Waals surface area contributed by atoms with Crippen molar-refractivity contribution in [3.8, 4) is 23.6 Å². The van der Waals surface area contributed by atoms with Gasteiger partial charge in [-0.05, 0) is 67.2 Å². The van der Waals surface area contributed by atoms with E-state index in [0.717, 1.165) is 0 Å². The summed E-state index contributed by atoms with van der Waals surface area (Å²) in [5.41, 5.74) is 1.39. The zero-order chi connectivity index (χ0) is 31.1. The van der Waals surface area contributed by atoms with E-state index in [2.05, 4.69) is 64.3 Å². The van der Waals surface area contributed by atoms with Gasteiger partial charge in [0.15, 0.2) is 5.82 Å². The van der Waals surface area contributed by atoms with E-state index in [1.807, 2.05) is 0 Å². The summed E-state index contributed by atoms with van der Waals surface area (Å²) in [6.45, 7) is 18.0. The van der Waals surface area contributed by atoms with Gasteiger partial charge >= 0.3 is 6.09 Å². The van der Waals surface area contributed by atoms with Crippen molar-refractivity contribution >= 4 is 20.1 Å². The van der Waals surface area contributed by atoms with E-state index in [1.165, 1.54) is 13.2 Å². The van der Waals surface area contributed by atoms with Gasteiger partial charge in [-0.2, -0.15) is 10.5 Å². The number of nitriles is 2. The Labute approximate surface area is 244 Å². The number of ether oxygens (including phenoxy) is 2. The van der Waals surface area contributed by atoms with Crippen LogP contribution < -0.4 is 19.8 Å². The van der Waals surface area contributed by atoms with E-state index in [-0.39, 0.29) is 34.5 Å². The number of hydrogen-bond acceptors (Lipinski definition) is 7. The molecule has 2 N–H and O–H groups in total. The Balaban J connectivity index is 2.47. The third-order valence-corrected chi connectivity index (χ3v) is 13.1. The van der Waals surface area contributed by atoms with Gasteiger partial charge in [0.1, 0.15) is 23.1 Å². The second-order valence-electron chi connectivity index (χ2n) is 12.0. The topological polar surface area (TPSA) is 116 Å². The lowest BCUT2D eigenvalue weighted by Crippen LogP contribution is -2.50. The fourth-order valence-corrected chi connectivity index (χ4v) is 10.5. The van der Waals surface area contributed by atoms with Gasteiger partial charge in [0.05, 0.1) is 24.8 Å². The molecule has 1 amide bonds. The van der Waals surface area contributed by atoms with Crippen molar-refractivity contribution in [3.05, 3.63) is 52.8 Å². The van der Waals surface area contributed by atoms with Gasteiger partial charge in [-0.15, -0.1) is 0 Å². The summed E-state index contributed by atoms with van der Waals surface area (Å²) in [6, 6.07) is 11.0. The number of carbonyl (C=O) groups excluding carboxylic acids is 1. The van der Waals surface area contributed by atoms with Crippen LogP contribution in [0.1, 0.15) is 85.0 Å². The van der Waals surface area contributed by atoms with Gasteiger partial charge in [-0.3, -0.25) is 0 Å². The molecule has 0 fully saturated rings. The van der Waals surface area contributed by atoms with Crippen LogP contribution in [0.5, 0.6) is 11.5 Å². The van der Waals surface area contributed by atoms with Crippen LogP contribution in [0, 0.1) is 28.5 Å². The quantitative estimate of drug-likeness (QED) is 0.258. The second-order valence-corrected chi connectivity index (χ2v) is 17.4. The largest absolute Gasteiger partial charge is 0.541 e. The van der Waals surface area contributed by atoms with Gasteiger partial charge in [0, 0.05) is 23.9 Å². The Morgan fingerprint density at radius 2 is 1.63 bits per heavy atom. The molecule has 8 nitrogen and oxygen atoms in total. The summed E-state index contributed by atoms with van der Waals surface area (Å²) in [4.78, 5) is 12.1. The molecule has 0 radical (unpaired) electrons. The molecule has 10 heteroatoms. The third kappa shape index (κ3) is 8.14. The highest BCUT2D eigenvalue weighted by Gasteiger charge is 2.47. The van der Waals surface area contributed by atoms with Crippen LogP contribution >= 0.6 is 0 Å². The van der Waals surface area contributed by atoms with Crippen LogP contribution in [-0.4, -0.2) is 27.1 Å². The standard InChI is InChI=1S/C31H43FN4O4Si/c1-19(2)41(20(3)4,21(5)6)40-28-15-25(38-10)14-26(29(28)32)27(17-34)36-24-12-11-22(16-33)23(13-24)18-35-30(37)39-31(7,8)9/h11-15,19-21,27,36H,18H2,1-10H3,(H,35,37). The number of anilines is 1. The highest BCUT2D eigenvalue weighted by atomic mass is 28.4. The number of halogens is 1. The van der Waals surface area contributed by atoms with Crippen LogP contribution in [0.4, 0.5) is 14.9 Å². The molecular formula is C31H43FN4O4Si. The highest BCUT2D eigenvalue weighted by molar-refractivity contribution is 6.78. The molecule has 0 aliphatic carbocycles. The molecule has 0 aromatic heterocycles. The minimum atomic E-state index is -2.50. The molecule has 2 aromatic rings. The summed E-state index contributed by atoms with van der Waals surface area (Å²) in [7, 11) is -1.02. The SMILES string of the molecule is COc1cc(O[Si](C(C)C)(C(C)C)C(C)C)c(F)c(C(C#N)Nc2ccc(C#N)c(CNC(=O)OC(C)(C)C)c2)c1. The molecule has 2 rings (SSSR count). The first-order valence-corrected chi connectivity index (χ1v) is 16.0. The molecule has 0 saturated heterocycles. The molecule has 0 spiro atoms. The molecule has 222 valence electrons. The lowest BCUT2D eigenvalue weighted by molar-refractivity contribution is 0.0523. The van der Waals surface area contributed by atoms with Gasteiger partial charge in [0.25, 0.3) is 8.32 Å². The number of nitrogens with one attached hydrogen (secondary N) is 2. The Kier molecular flexibility index (Phi) is 11.2. The second kappa shape index (κ2) is 13.7. The van der Waals surface area contributed by atoms with Gasteiger partial charge in [-0.25, -0.2) is 9.18 Å². The van der Waals surface area contributed by atoms with Crippen molar-refractivity contribution in [1.29, 1.82) is 10.5 Å². The number of methoxy groups -OCH3 is 1. The number of rotatable bonds is 11. The number of hydrogen-bond donors (Lipinski definition) is 2. The number of benzene rings is 2. The Bertz CT molecular complexity index is 1290. The lowest BCUT2D eigenvalue weighted by Gasteiger charge is -2.42. The van der Waals surface area contributed by atoms with Crippen molar-refractivity contribution in [2.24, 2.45) is 0 Å². The van der Waals surface area contributed by atoms with E-state index in [0.29, 0.717) is 22.6 Å². The smallest absolute Gasteiger partial charge is 0.407 e. The van der Waals surface area contributed by atoms with Crippen molar-refractivity contribution in [2.45, 2.75) is 97.1 Å². The lowest BCUT2D eigenvalue weighted by atomic mass is 10.0. The first-order chi connectivity index (χ1) is 19.1. The number of nitrogens with zero attached hydrogens (tertiary/aromatic N) is 2. The average Bonchev–Trinajstić information content (AvgIpc) is 2.88. The Morgan fingerprint density at radius 3 is 2.12 bits per heavy atom. The molecule has 0 heterocycles. The summed E-state index contributed by atoms with van der Waals surface area (Å²) in [6.07, 6.45) is -0.621. The number of amides is 1.